The van der Waals surface area contributed by atoms with Crippen molar-refractivity contribution in [2.75, 3.05) is 4.90 Å². The Morgan fingerprint density at radius 1 is 0.743 bits per heavy atom. The summed E-state index contributed by atoms with van der Waals surface area (Å²) in [7, 11) is 0. The third-order valence-electron chi connectivity index (χ3n) is 6.32. The summed E-state index contributed by atoms with van der Waals surface area (Å²) >= 11 is 1.55. The van der Waals surface area contributed by atoms with Crippen LogP contribution in [0, 0.1) is 0 Å². The van der Waals surface area contributed by atoms with Gasteiger partial charge in [-0.2, -0.15) is 0 Å². The minimum Gasteiger partial charge on any atom is -0.274 e. The minimum atomic E-state index is -0.0447. The fraction of sp³-hybridized carbons (Fsp3) is 0.161. The molecule has 1 aromatic heterocycles. The Morgan fingerprint density at radius 3 is 1.89 bits per heavy atom. The van der Waals surface area contributed by atoms with Crippen molar-refractivity contribution in [1.29, 1.82) is 0 Å². The highest BCUT2D eigenvalue weighted by Crippen LogP contribution is 2.37. The van der Waals surface area contributed by atoms with Crippen molar-refractivity contribution in [3.8, 4) is 0 Å². The summed E-state index contributed by atoms with van der Waals surface area (Å²) in [5, 5.41) is 0.702. The first kappa shape index (κ1) is 23.0. The molecule has 3 nitrogen and oxygen atoms in total. The second-order valence-corrected chi connectivity index (χ2v) is 10.0. The number of benzene rings is 4. The first-order valence-electron chi connectivity index (χ1n) is 12.0. The van der Waals surface area contributed by atoms with Gasteiger partial charge in [-0.05, 0) is 46.9 Å². The van der Waals surface area contributed by atoms with E-state index in [2.05, 4.69) is 56.3 Å². The molecule has 0 N–H and O–H groups in total. The average Bonchev–Trinajstić information content (AvgIpc) is 3.32. The van der Waals surface area contributed by atoms with Crippen LogP contribution in [0.1, 0.15) is 48.8 Å². The molecule has 0 aliphatic rings. The number of aromatic nitrogens is 1. The van der Waals surface area contributed by atoms with E-state index in [0.717, 1.165) is 27.0 Å². The lowest BCUT2D eigenvalue weighted by atomic mass is 9.88. The molecule has 0 saturated heterocycles. The van der Waals surface area contributed by atoms with Gasteiger partial charge in [0.15, 0.2) is 5.13 Å². The summed E-state index contributed by atoms with van der Waals surface area (Å²) in [5.74, 6) is 0.409. The summed E-state index contributed by atoms with van der Waals surface area (Å²) in [6.07, 6.45) is 0.343. The molecule has 5 aromatic rings. The fourth-order valence-electron chi connectivity index (χ4n) is 4.39. The van der Waals surface area contributed by atoms with E-state index in [1.807, 2.05) is 66.7 Å². The van der Waals surface area contributed by atoms with Gasteiger partial charge < -0.3 is 0 Å². The standard InChI is InChI=1S/C31H28N2OS/c1-22(2)23-17-19-26(20-18-23)33(31-32-28-15-9-10-16-29(28)35-31)30(34)21-27(24-11-5-3-6-12-24)25-13-7-4-8-14-25/h3-20,22,27H,21H2,1-2H3. The Balaban J connectivity index is 1.56. The molecule has 4 heteroatoms. The Hall–Kier alpha value is -3.76. The third-order valence-corrected chi connectivity index (χ3v) is 7.35. The highest BCUT2D eigenvalue weighted by molar-refractivity contribution is 7.22. The third kappa shape index (κ3) is 5.03. The van der Waals surface area contributed by atoms with Crippen LogP contribution in [0.3, 0.4) is 0 Å². The van der Waals surface area contributed by atoms with Crippen molar-refractivity contribution >= 4 is 38.3 Å². The molecule has 1 amide bonds. The van der Waals surface area contributed by atoms with Crippen molar-refractivity contribution in [2.45, 2.75) is 32.1 Å². The maximum atomic E-state index is 14.1. The number of anilines is 2. The molecule has 1 heterocycles. The van der Waals surface area contributed by atoms with Gasteiger partial charge in [0.1, 0.15) is 0 Å². The summed E-state index contributed by atoms with van der Waals surface area (Å²) in [6, 6.07) is 36.9. The fourth-order valence-corrected chi connectivity index (χ4v) is 5.39. The maximum absolute atomic E-state index is 14.1. The Bertz CT molecular complexity index is 1340. The van der Waals surface area contributed by atoms with Crippen molar-refractivity contribution < 1.29 is 4.79 Å². The normalized spacial score (nSPS) is 11.3. The monoisotopic (exact) mass is 476 g/mol. The highest BCUT2D eigenvalue weighted by atomic mass is 32.1. The predicted molar refractivity (Wildman–Crippen MR) is 147 cm³/mol. The van der Waals surface area contributed by atoms with Crippen LogP contribution in [0.2, 0.25) is 0 Å². The number of carbonyl (C=O) groups excluding carboxylic acids is 1. The van der Waals surface area contributed by atoms with Crippen LogP contribution in [0.5, 0.6) is 0 Å². The molecule has 5 rings (SSSR count). The lowest BCUT2D eigenvalue weighted by molar-refractivity contribution is -0.118. The zero-order chi connectivity index (χ0) is 24.2. The average molecular weight is 477 g/mol. The van der Waals surface area contributed by atoms with Crippen LogP contribution < -0.4 is 4.90 Å². The van der Waals surface area contributed by atoms with Gasteiger partial charge in [0.25, 0.3) is 0 Å². The van der Waals surface area contributed by atoms with Crippen molar-refractivity contribution in [3.63, 3.8) is 0 Å². The lowest BCUT2D eigenvalue weighted by Crippen LogP contribution is -2.27. The van der Waals surface area contributed by atoms with Gasteiger partial charge in [0, 0.05) is 12.3 Å². The van der Waals surface area contributed by atoms with Gasteiger partial charge in [-0.3, -0.25) is 9.69 Å². The Kier molecular flexibility index (Phi) is 6.73. The Morgan fingerprint density at radius 2 is 1.31 bits per heavy atom. The second kappa shape index (κ2) is 10.2. The number of nitrogens with zero attached hydrogens (tertiary/aromatic N) is 2. The molecule has 0 fully saturated rings. The SMILES string of the molecule is CC(C)c1ccc(N(C(=O)CC(c2ccccc2)c2ccccc2)c2nc3ccccc3s2)cc1. The number of rotatable bonds is 7. The summed E-state index contributed by atoms with van der Waals surface area (Å²) in [6.45, 7) is 4.35. The van der Waals surface area contributed by atoms with Crippen LogP contribution in [0.4, 0.5) is 10.8 Å². The zero-order valence-electron chi connectivity index (χ0n) is 20.0. The largest absolute Gasteiger partial charge is 0.274 e. The highest BCUT2D eigenvalue weighted by Gasteiger charge is 2.26. The second-order valence-electron chi connectivity index (χ2n) is 9.02. The summed E-state index contributed by atoms with van der Waals surface area (Å²) in [4.78, 5) is 20.7. The van der Waals surface area contributed by atoms with E-state index in [1.54, 1.807) is 16.2 Å². The van der Waals surface area contributed by atoms with E-state index in [0.29, 0.717) is 17.5 Å². The summed E-state index contributed by atoms with van der Waals surface area (Å²) in [5.41, 5.74) is 5.26. The number of carbonyl (C=O) groups is 1. The van der Waals surface area contributed by atoms with E-state index in [1.165, 1.54) is 5.56 Å². The van der Waals surface area contributed by atoms with Crippen molar-refractivity contribution in [3.05, 3.63) is 126 Å². The molecule has 0 unspecified atom stereocenters. The van der Waals surface area contributed by atoms with Gasteiger partial charge in [0.2, 0.25) is 5.91 Å². The van der Waals surface area contributed by atoms with Crippen LogP contribution in [0.15, 0.2) is 109 Å². The lowest BCUT2D eigenvalue weighted by Gasteiger charge is -2.24. The number of hydrogen-bond donors (Lipinski definition) is 0. The first-order chi connectivity index (χ1) is 17.1. The smallest absolute Gasteiger partial charge is 0.234 e. The number of fused-ring (bicyclic) bond motifs is 1. The van der Waals surface area contributed by atoms with Gasteiger partial charge in [-0.1, -0.05) is 110 Å². The van der Waals surface area contributed by atoms with Gasteiger partial charge in [-0.15, -0.1) is 0 Å². The molecule has 4 aromatic carbocycles. The number of para-hydroxylation sites is 1. The number of thiazole rings is 1. The molecule has 0 saturated carbocycles. The van der Waals surface area contributed by atoms with Crippen molar-refractivity contribution in [1.82, 2.24) is 4.98 Å². The molecule has 35 heavy (non-hydrogen) atoms. The van der Waals surface area contributed by atoms with Gasteiger partial charge >= 0.3 is 0 Å². The first-order valence-corrected chi connectivity index (χ1v) is 12.8. The van der Waals surface area contributed by atoms with E-state index >= 15 is 0 Å². The van der Waals surface area contributed by atoms with Crippen LogP contribution in [-0.2, 0) is 4.79 Å². The molecule has 0 atom stereocenters. The molecule has 0 aliphatic carbocycles. The molecule has 0 spiro atoms. The minimum absolute atomic E-state index is 0.0269. The molecular formula is C31H28N2OS. The number of hydrogen-bond acceptors (Lipinski definition) is 3. The predicted octanol–water partition coefficient (Wildman–Crippen LogP) is 8.31. The molecule has 0 bridgehead atoms. The van der Waals surface area contributed by atoms with E-state index in [4.69, 9.17) is 4.98 Å². The van der Waals surface area contributed by atoms with E-state index in [-0.39, 0.29) is 11.8 Å². The zero-order valence-corrected chi connectivity index (χ0v) is 20.8. The Labute approximate surface area is 210 Å². The summed E-state index contributed by atoms with van der Waals surface area (Å²) < 4.78 is 1.07. The van der Waals surface area contributed by atoms with Crippen LogP contribution in [0.25, 0.3) is 10.2 Å². The van der Waals surface area contributed by atoms with Gasteiger partial charge in [-0.25, -0.2) is 4.98 Å². The van der Waals surface area contributed by atoms with Crippen LogP contribution in [-0.4, -0.2) is 10.9 Å². The van der Waals surface area contributed by atoms with E-state index in [9.17, 15) is 4.79 Å². The molecule has 174 valence electrons. The molecule has 0 radical (unpaired) electrons. The molecular weight excluding hydrogens is 448 g/mol. The van der Waals surface area contributed by atoms with Crippen LogP contribution >= 0.6 is 11.3 Å². The van der Waals surface area contributed by atoms with E-state index < -0.39 is 0 Å². The topological polar surface area (TPSA) is 33.2 Å². The molecule has 0 aliphatic heterocycles. The van der Waals surface area contributed by atoms with Gasteiger partial charge in [0.05, 0.1) is 15.9 Å². The number of amides is 1. The van der Waals surface area contributed by atoms with Crippen molar-refractivity contribution in [2.24, 2.45) is 0 Å². The maximum Gasteiger partial charge on any atom is 0.234 e. The quantitative estimate of drug-likeness (QED) is 0.237.